The van der Waals surface area contributed by atoms with Crippen molar-refractivity contribution >= 4 is 33.2 Å². The third kappa shape index (κ3) is 3.88. The average Bonchev–Trinajstić information content (AvgIpc) is 2.88. The van der Waals surface area contributed by atoms with Crippen molar-refractivity contribution < 1.29 is 4.79 Å². The summed E-state index contributed by atoms with van der Waals surface area (Å²) in [6.45, 7) is 2.50. The summed E-state index contributed by atoms with van der Waals surface area (Å²) >= 11 is 4.90. The minimum atomic E-state index is -0.156. The molecule has 0 fully saturated rings. The number of nitrogens with two attached hydrogens (primary N) is 1. The number of nitrogens with zero attached hydrogens (tertiary/aromatic N) is 1. The van der Waals surface area contributed by atoms with Crippen LogP contribution in [-0.4, -0.2) is 17.4 Å². The van der Waals surface area contributed by atoms with Crippen LogP contribution in [0.2, 0.25) is 0 Å². The van der Waals surface area contributed by atoms with Crippen molar-refractivity contribution in [2.75, 3.05) is 6.54 Å². The highest BCUT2D eigenvalue weighted by Crippen LogP contribution is 2.18. The minimum absolute atomic E-state index is 0.0698. The van der Waals surface area contributed by atoms with Crippen LogP contribution in [-0.2, 0) is 6.42 Å². The molecule has 1 aromatic heterocycles. The van der Waals surface area contributed by atoms with E-state index in [1.807, 2.05) is 31.2 Å². The maximum Gasteiger partial charge on any atom is 0.271 e. The van der Waals surface area contributed by atoms with Crippen LogP contribution in [0.1, 0.15) is 34.0 Å². The minimum Gasteiger partial charge on any atom is -0.344 e. The summed E-state index contributed by atoms with van der Waals surface area (Å²) in [5, 5.41) is 5.62. The number of carbonyl (C=O) groups is 1. The van der Waals surface area contributed by atoms with Gasteiger partial charge < -0.3 is 11.1 Å². The number of amides is 1. The molecule has 4 nitrogen and oxygen atoms in total. The Kier molecular flexibility index (Phi) is 5.28. The smallest absolute Gasteiger partial charge is 0.271 e. The Morgan fingerprint density at radius 3 is 3.05 bits per heavy atom. The van der Waals surface area contributed by atoms with Crippen LogP contribution in [0.25, 0.3) is 0 Å². The highest BCUT2D eigenvalue weighted by molar-refractivity contribution is 9.10. The van der Waals surface area contributed by atoms with E-state index in [9.17, 15) is 4.79 Å². The second-order valence-electron chi connectivity index (χ2n) is 4.42. The van der Waals surface area contributed by atoms with Gasteiger partial charge in [0, 0.05) is 16.3 Å². The van der Waals surface area contributed by atoms with Gasteiger partial charge in [0.15, 0.2) is 0 Å². The van der Waals surface area contributed by atoms with Crippen LogP contribution >= 0.6 is 27.3 Å². The standard InChI is InChI=1S/C14H16BrN3OS/c1-9(10-3-2-4-11(15)7-10)17-14(19)12-8-20-13(18-12)5-6-16/h2-4,7-9H,5-6,16H2,1H3,(H,17,19)/t9-/m1/s1. The SMILES string of the molecule is C[C@@H](NC(=O)c1csc(CCN)n1)c1cccc(Br)c1. The summed E-state index contributed by atoms with van der Waals surface area (Å²) in [5.41, 5.74) is 6.98. The number of rotatable bonds is 5. The fourth-order valence-electron chi connectivity index (χ4n) is 1.78. The summed E-state index contributed by atoms with van der Waals surface area (Å²) in [4.78, 5) is 16.4. The largest absolute Gasteiger partial charge is 0.344 e. The molecule has 0 spiro atoms. The molecular weight excluding hydrogens is 338 g/mol. The molecule has 0 aliphatic carbocycles. The fourth-order valence-corrected chi connectivity index (χ4v) is 2.99. The van der Waals surface area contributed by atoms with Crippen LogP contribution in [0.5, 0.6) is 0 Å². The number of benzene rings is 1. The Morgan fingerprint density at radius 2 is 2.35 bits per heavy atom. The summed E-state index contributed by atoms with van der Waals surface area (Å²) < 4.78 is 0.995. The van der Waals surface area contributed by atoms with Crippen molar-refractivity contribution in [2.45, 2.75) is 19.4 Å². The van der Waals surface area contributed by atoms with E-state index < -0.39 is 0 Å². The van der Waals surface area contributed by atoms with Gasteiger partial charge in [0.1, 0.15) is 5.69 Å². The molecule has 0 aliphatic rings. The lowest BCUT2D eigenvalue weighted by Gasteiger charge is -2.13. The van der Waals surface area contributed by atoms with E-state index in [1.165, 1.54) is 11.3 Å². The van der Waals surface area contributed by atoms with Gasteiger partial charge in [0.25, 0.3) is 5.91 Å². The second kappa shape index (κ2) is 6.97. The molecule has 1 amide bonds. The van der Waals surface area contributed by atoms with Gasteiger partial charge in [-0.15, -0.1) is 11.3 Å². The van der Waals surface area contributed by atoms with E-state index in [0.29, 0.717) is 18.7 Å². The first-order valence-electron chi connectivity index (χ1n) is 6.31. The number of carbonyl (C=O) groups excluding carboxylic acids is 1. The molecule has 1 heterocycles. The lowest BCUT2D eigenvalue weighted by atomic mass is 10.1. The van der Waals surface area contributed by atoms with E-state index in [0.717, 1.165) is 15.0 Å². The molecule has 1 aromatic carbocycles. The predicted octanol–water partition coefficient (Wildman–Crippen LogP) is 2.90. The van der Waals surface area contributed by atoms with Gasteiger partial charge >= 0.3 is 0 Å². The molecule has 0 saturated carbocycles. The van der Waals surface area contributed by atoms with E-state index in [4.69, 9.17) is 5.73 Å². The fraction of sp³-hybridized carbons (Fsp3) is 0.286. The van der Waals surface area contributed by atoms with E-state index in [-0.39, 0.29) is 11.9 Å². The first kappa shape index (κ1) is 15.2. The third-order valence-electron chi connectivity index (χ3n) is 2.84. The summed E-state index contributed by atoms with van der Waals surface area (Å²) in [6.07, 6.45) is 0.707. The molecule has 6 heteroatoms. The zero-order valence-corrected chi connectivity index (χ0v) is 13.5. The van der Waals surface area contributed by atoms with Crippen LogP contribution in [0.3, 0.4) is 0 Å². The van der Waals surface area contributed by atoms with Crippen molar-refractivity contribution in [1.82, 2.24) is 10.3 Å². The molecular formula is C14H16BrN3OS. The Bertz CT molecular complexity index is 600. The Labute approximate surface area is 130 Å². The molecule has 0 aliphatic heterocycles. The number of hydrogen-bond acceptors (Lipinski definition) is 4. The summed E-state index contributed by atoms with van der Waals surface area (Å²) in [6, 6.07) is 7.81. The van der Waals surface area contributed by atoms with Crippen LogP contribution in [0.4, 0.5) is 0 Å². The molecule has 0 unspecified atom stereocenters. The average molecular weight is 354 g/mol. The van der Waals surface area contributed by atoms with Crippen LogP contribution in [0, 0.1) is 0 Å². The van der Waals surface area contributed by atoms with Gasteiger partial charge in [-0.05, 0) is 31.2 Å². The Hall–Kier alpha value is -1.24. The first-order chi connectivity index (χ1) is 9.60. The zero-order valence-electron chi connectivity index (χ0n) is 11.1. The number of thiazole rings is 1. The molecule has 0 saturated heterocycles. The van der Waals surface area contributed by atoms with Gasteiger partial charge in [-0.1, -0.05) is 28.1 Å². The molecule has 20 heavy (non-hydrogen) atoms. The number of hydrogen-bond donors (Lipinski definition) is 2. The maximum atomic E-state index is 12.1. The Morgan fingerprint density at radius 1 is 1.55 bits per heavy atom. The predicted molar refractivity (Wildman–Crippen MR) is 84.9 cm³/mol. The molecule has 3 N–H and O–H groups in total. The molecule has 0 bridgehead atoms. The van der Waals surface area contributed by atoms with E-state index in [1.54, 1.807) is 5.38 Å². The van der Waals surface area contributed by atoms with Gasteiger partial charge in [-0.25, -0.2) is 4.98 Å². The zero-order chi connectivity index (χ0) is 14.5. The summed E-state index contributed by atoms with van der Waals surface area (Å²) in [5.74, 6) is -0.156. The van der Waals surface area contributed by atoms with Crippen LogP contribution < -0.4 is 11.1 Å². The van der Waals surface area contributed by atoms with E-state index in [2.05, 4.69) is 26.2 Å². The van der Waals surface area contributed by atoms with Gasteiger partial charge in [-0.2, -0.15) is 0 Å². The number of aromatic nitrogens is 1. The van der Waals surface area contributed by atoms with Crippen molar-refractivity contribution in [1.29, 1.82) is 0 Å². The molecule has 2 aromatic rings. The highest BCUT2D eigenvalue weighted by atomic mass is 79.9. The molecule has 1 atom stereocenters. The summed E-state index contributed by atoms with van der Waals surface area (Å²) in [7, 11) is 0. The highest BCUT2D eigenvalue weighted by Gasteiger charge is 2.14. The molecule has 0 radical (unpaired) electrons. The molecule has 2 rings (SSSR count). The van der Waals surface area contributed by atoms with Gasteiger partial charge in [-0.3, -0.25) is 4.79 Å². The third-order valence-corrected chi connectivity index (χ3v) is 4.24. The lowest BCUT2D eigenvalue weighted by Crippen LogP contribution is -2.27. The molecule has 106 valence electrons. The van der Waals surface area contributed by atoms with Crippen molar-refractivity contribution in [3.8, 4) is 0 Å². The Balaban J connectivity index is 2.03. The van der Waals surface area contributed by atoms with Gasteiger partial charge in [0.05, 0.1) is 11.0 Å². The monoisotopic (exact) mass is 353 g/mol. The number of nitrogens with one attached hydrogen (secondary N) is 1. The quantitative estimate of drug-likeness (QED) is 0.868. The van der Waals surface area contributed by atoms with Gasteiger partial charge in [0.2, 0.25) is 0 Å². The maximum absolute atomic E-state index is 12.1. The van der Waals surface area contributed by atoms with Crippen molar-refractivity contribution in [2.24, 2.45) is 5.73 Å². The number of halogens is 1. The normalized spacial score (nSPS) is 12.2. The first-order valence-corrected chi connectivity index (χ1v) is 7.98. The topological polar surface area (TPSA) is 68.0 Å². The van der Waals surface area contributed by atoms with E-state index >= 15 is 0 Å². The van der Waals surface area contributed by atoms with Crippen molar-refractivity contribution in [3.05, 3.63) is 50.4 Å². The van der Waals surface area contributed by atoms with Crippen molar-refractivity contribution in [3.63, 3.8) is 0 Å². The second-order valence-corrected chi connectivity index (χ2v) is 6.27. The lowest BCUT2D eigenvalue weighted by molar-refractivity contribution is 0.0935. The van der Waals surface area contributed by atoms with Crippen LogP contribution in [0.15, 0.2) is 34.1 Å².